The minimum Gasteiger partial charge on any atom is -0.465 e. The van der Waals surface area contributed by atoms with E-state index in [2.05, 4.69) is 102 Å². The first-order valence-electron chi connectivity index (χ1n) is 22.4. The molecule has 1 aliphatic heterocycles. The SMILES string of the molecule is CCOC(=O)CN(Cc1cccc(CC)c1)c1nc(CS)nc(N)c1[N+](=O)[O-].CCOC(=O)CNCc1cccc(CN2CCCC2)c1.Nc1nc(CS)nc(Cl)c1[N+](=O)[O-].O=[N+]([O-])c1c(Cl)nc(CS)nc1Cl. The summed E-state index contributed by atoms with van der Waals surface area (Å²) in [5.41, 5.74) is 14.2. The van der Waals surface area contributed by atoms with E-state index in [1.54, 1.807) is 6.92 Å². The maximum absolute atomic E-state index is 12.1. The maximum Gasteiger partial charge on any atom is 0.353 e. The Hall–Kier alpha value is -5.94. The van der Waals surface area contributed by atoms with Crippen molar-refractivity contribution in [1.82, 2.24) is 40.1 Å². The lowest BCUT2D eigenvalue weighted by Crippen LogP contribution is -2.32. The standard InChI is InChI=1S/C18H23N5O4S.C16H24N2O2.C5H3Cl2N3O2S.C5H5ClN4O2S/c1-3-12-6-5-7-13(8-12)9-22(10-15(24)27-4-2)18-16(23(25)26)17(19)20-14(11-28)21-18;1-2-20-16(19)12-17-11-14-6-5-7-15(10-14)13-18-8-3-4-9-18;2*6-4-3(10(11)12)5(7)9-2(1-13)8-4/h5-8,28H,3-4,9-11H2,1-2H3,(H2,19,20,21);5-7,10,17H,2-4,8-9,11-13H2,1H3;13H,1H2;13H,1H2,(H2,7,8,9). The lowest BCUT2D eigenvalue weighted by molar-refractivity contribution is -0.385. The second-order valence-electron chi connectivity index (χ2n) is 15.2. The van der Waals surface area contributed by atoms with Gasteiger partial charge >= 0.3 is 29.0 Å². The highest BCUT2D eigenvalue weighted by Crippen LogP contribution is 2.33. The Morgan fingerprint density at radius 2 is 1.14 bits per heavy atom. The first-order chi connectivity index (χ1) is 35.3. The number of nitrogen functional groups attached to an aromatic ring is 2. The van der Waals surface area contributed by atoms with Crippen LogP contribution in [-0.2, 0) is 62.4 Å². The van der Waals surface area contributed by atoms with Crippen LogP contribution in [0.25, 0.3) is 0 Å². The van der Waals surface area contributed by atoms with Crippen LogP contribution >= 0.6 is 72.7 Å². The average Bonchev–Trinajstić information content (AvgIpc) is 3.86. The number of carbonyl (C=O) groups is 2. The van der Waals surface area contributed by atoms with Crippen molar-refractivity contribution in [3.8, 4) is 0 Å². The minimum absolute atomic E-state index is 0.0310. The Labute approximate surface area is 457 Å². The van der Waals surface area contributed by atoms with Crippen LogP contribution in [0.4, 0.5) is 34.5 Å². The zero-order chi connectivity index (χ0) is 54.9. The van der Waals surface area contributed by atoms with Gasteiger partial charge in [0.15, 0.2) is 0 Å². The molecule has 0 aliphatic carbocycles. The summed E-state index contributed by atoms with van der Waals surface area (Å²) >= 11 is 28.4. The molecule has 400 valence electrons. The van der Waals surface area contributed by atoms with Gasteiger partial charge in [0, 0.05) is 19.6 Å². The van der Waals surface area contributed by atoms with Crippen molar-refractivity contribution in [2.45, 2.75) is 76.9 Å². The van der Waals surface area contributed by atoms with E-state index in [0.29, 0.717) is 13.2 Å². The number of benzene rings is 2. The molecular formula is C44H55Cl3N14O10S3. The number of ether oxygens (including phenoxy) is 2. The fraction of sp³-hybridized carbons (Fsp3) is 0.409. The van der Waals surface area contributed by atoms with Crippen LogP contribution in [0, 0.1) is 30.3 Å². The number of hydrogen-bond acceptors (Lipinski definition) is 24. The van der Waals surface area contributed by atoms with E-state index in [4.69, 9.17) is 55.7 Å². The second kappa shape index (κ2) is 32.4. The summed E-state index contributed by atoms with van der Waals surface area (Å²) in [7, 11) is 0. The largest absolute Gasteiger partial charge is 0.465 e. The number of aryl methyl sites for hydroxylation is 1. The molecule has 0 unspecified atom stereocenters. The number of nitrogens with zero attached hydrogens (tertiary/aromatic N) is 11. The minimum atomic E-state index is -0.729. The van der Waals surface area contributed by atoms with Crippen LogP contribution < -0.4 is 21.7 Å². The fourth-order valence-corrected chi connectivity index (χ4v) is 7.91. The number of halogens is 3. The van der Waals surface area contributed by atoms with Crippen LogP contribution in [0.3, 0.4) is 0 Å². The molecule has 3 aromatic heterocycles. The zero-order valence-corrected chi connectivity index (χ0v) is 45.3. The van der Waals surface area contributed by atoms with Crippen LogP contribution in [0.2, 0.25) is 15.5 Å². The predicted molar refractivity (Wildman–Crippen MR) is 291 cm³/mol. The normalized spacial score (nSPS) is 11.7. The van der Waals surface area contributed by atoms with Crippen LogP contribution in [-0.4, -0.2) is 101 Å². The van der Waals surface area contributed by atoms with Gasteiger partial charge in [-0.2, -0.15) is 37.9 Å². The Morgan fingerprint density at radius 3 is 1.65 bits per heavy atom. The van der Waals surface area contributed by atoms with Crippen molar-refractivity contribution < 1.29 is 33.8 Å². The Balaban J connectivity index is 0.000000275. The molecule has 0 radical (unpaired) electrons. The van der Waals surface area contributed by atoms with Crippen LogP contribution in [0.5, 0.6) is 0 Å². The molecule has 5 aromatic rings. The van der Waals surface area contributed by atoms with Gasteiger partial charge in [0.25, 0.3) is 0 Å². The summed E-state index contributed by atoms with van der Waals surface area (Å²) in [6.45, 7) is 10.6. The smallest absolute Gasteiger partial charge is 0.353 e. The molecule has 0 bridgehead atoms. The number of thiol groups is 3. The third-order valence-electron chi connectivity index (χ3n) is 9.87. The first-order valence-corrected chi connectivity index (χ1v) is 25.4. The molecule has 6 rings (SSSR count). The Bertz CT molecular complexity index is 2600. The predicted octanol–water partition coefficient (Wildman–Crippen LogP) is 7.64. The number of rotatable bonds is 20. The van der Waals surface area contributed by atoms with Crippen molar-refractivity contribution in [2.75, 3.05) is 55.8 Å². The summed E-state index contributed by atoms with van der Waals surface area (Å²) in [5.74, 6) is 0.0835. The summed E-state index contributed by atoms with van der Waals surface area (Å²) in [5, 5.41) is 34.7. The Kier molecular flexibility index (Phi) is 27.3. The third kappa shape index (κ3) is 20.4. The van der Waals surface area contributed by atoms with Gasteiger partial charge in [-0.05, 0) is 68.5 Å². The molecule has 30 heteroatoms. The van der Waals surface area contributed by atoms with Gasteiger partial charge in [0.2, 0.25) is 32.9 Å². The number of anilines is 3. The highest BCUT2D eigenvalue weighted by molar-refractivity contribution is 7.79. The highest BCUT2D eigenvalue weighted by Gasteiger charge is 2.29. The fourth-order valence-electron chi connectivity index (χ4n) is 6.66. The molecule has 0 spiro atoms. The molecule has 2 aromatic carbocycles. The van der Waals surface area contributed by atoms with Crippen molar-refractivity contribution >= 4 is 119 Å². The maximum atomic E-state index is 12.1. The molecule has 1 fully saturated rings. The van der Waals surface area contributed by atoms with Crippen molar-refractivity contribution in [3.05, 3.63) is 134 Å². The van der Waals surface area contributed by atoms with Gasteiger partial charge in [0.05, 0.1) is 51.8 Å². The molecule has 5 N–H and O–H groups in total. The lowest BCUT2D eigenvalue weighted by atomic mass is 10.1. The van der Waals surface area contributed by atoms with Gasteiger partial charge in [-0.15, -0.1) is 0 Å². The molecular weight excluding hydrogens is 1090 g/mol. The first kappa shape index (κ1) is 62.4. The van der Waals surface area contributed by atoms with Gasteiger partial charge in [-0.25, -0.2) is 29.9 Å². The molecule has 74 heavy (non-hydrogen) atoms. The van der Waals surface area contributed by atoms with Gasteiger partial charge < -0.3 is 31.2 Å². The molecule has 0 atom stereocenters. The van der Waals surface area contributed by atoms with Gasteiger partial charge in [0.1, 0.15) is 24.0 Å². The number of carbonyl (C=O) groups excluding carboxylic acids is 2. The number of nitro groups is 3. The van der Waals surface area contributed by atoms with Gasteiger partial charge in [-0.1, -0.05) is 90.3 Å². The molecule has 0 amide bonds. The monoisotopic (exact) mass is 1140 g/mol. The number of aromatic nitrogens is 6. The zero-order valence-electron chi connectivity index (χ0n) is 40.4. The topological polar surface area (TPSA) is 330 Å². The Morgan fingerprint density at radius 1 is 0.676 bits per heavy atom. The summed E-state index contributed by atoms with van der Waals surface area (Å²) in [6.07, 6.45) is 3.48. The third-order valence-corrected chi connectivity index (χ3v) is 11.5. The summed E-state index contributed by atoms with van der Waals surface area (Å²) in [6, 6.07) is 16.3. The lowest BCUT2D eigenvalue weighted by Gasteiger charge is -2.23. The number of likely N-dealkylation sites (tertiary alicyclic amines) is 1. The molecule has 24 nitrogen and oxygen atoms in total. The van der Waals surface area contributed by atoms with Crippen LogP contribution in [0.15, 0.2) is 48.5 Å². The van der Waals surface area contributed by atoms with Crippen LogP contribution in [0.1, 0.15) is 73.3 Å². The number of hydrogen-bond donors (Lipinski definition) is 6. The number of nitrogens with one attached hydrogen (secondary N) is 1. The molecule has 0 saturated carbocycles. The van der Waals surface area contributed by atoms with E-state index in [-0.39, 0.29) is 99.9 Å². The van der Waals surface area contributed by atoms with E-state index >= 15 is 0 Å². The summed E-state index contributed by atoms with van der Waals surface area (Å²) < 4.78 is 9.91. The van der Waals surface area contributed by atoms with Crippen molar-refractivity contribution in [3.63, 3.8) is 0 Å². The van der Waals surface area contributed by atoms with E-state index in [9.17, 15) is 39.9 Å². The second-order valence-corrected chi connectivity index (χ2v) is 17.2. The molecule has 1 saturated heterocycles. The van der Waals surface area contributed by atoms with Crippen molar-refractivity contribution in [2.24, 2.45) is 0 Å². The van der Waals surface area contributed by atoms with E-state index in [1.165, 1.54) is 42.0 Å². The number of nitrogens with two attached hydrogens (primary N) is 2. The molecule has 1 aliphatic rings. The van der Waals surface area contributed by atoms with Gasteiger partial charge in [-0.3, -0.25) is 44.8 Å². The van der Waals surface area contributed by atoms with Crippen molar-refractivity contribution in [1.29, 1.82) is 0 Å². The summed E-state index contributed by atoms with van der Waals surface area (Å²) in [4.78, 5) is 80.3. The average molecular weight is 1140 g/mol. The van der Waals surface area contributed by atoms with E-state index in [1.807, 2.05) is 38.1 Å². The quantitative estimate of drug-likeness (QED) is 0.0143. The molecule has 4 heterocycles. The van der Waals surface area contributed by atoms with E-state index in [0.717, 1.165) is 24.1 Å². The number of esters is 2. The highest BCUT2D eigenvalue weighted by atomic mass is 35.5. The van der Waals surface area contributed by atoms with E-state index < -0.39 is 37.8 Å².